The van der Waals surface area contributed by atoms with Crippen LogP contribution in [0.2, 0.25) is 0 Å². The summed E-state index contributed by atoms with van der Waals surface area (Å²) in [5, 5.41) is 8.97. The minimum atomic E-state index is -0.386. The van der Waals surface area contributed by atoms with E-state index in [4.69, 9.17) is 5.26 Å². The van der Waals surface area contributed by atoms with E-state index < -0.39 is 0 Å². The van der Waals surface area contributed by atoms with E-state index in [9.17, 15) is 4.39 Å². The standard InChI is InChI=1S/C13H15FN2/c1-4-7-16(10(2)3)13-6-5-12(14)8-11(13)9-15/h4-6,8,10H,1,7H2,2-3H3. The Kier molecular flexibility index (Phi) is 4.07. The van der Waals surface area contributed by atoms with Crippen molar-refractivity contribution in [1.82, 2.24) is 0 Å². The molecule has 0 unspecified atom stereocenters. The van der Waals surface area contributed by atoms with Crippen LogP contribution in [0.5, 0.6) is 0 Å². The monoisotopic (exact) mass is 218 g/mol. The largest absolute Gasteiger partial charge is 0.364 e. The number of anilines is 1. The third-order valence-electron chi connectivity index (χ3n) is 2.34. The lowest BCUT2D eigenvalue weighted by Crippen LogP contribution is -2.31. The predicted octanol–water partition coefficient (Wildman–Crippen LogP) is 3.10. The summed E-state index contributed by atoms with van der Waals surface area (Å²) in [5.41, 5.74) is 1.11. The van der Waals surface area contributed by atoms with Crippen LogP contribution in [0.25, 0.3) is 0 Å². The number of nitrogens with zero attached hydrogens (tertiary/aromatic N) is 2. The van der Waals surface area contributed by atoms with E-state index in [0.29, 0.717) is 12.1 Å². The van der Waals surface area contributed by atoms with Crippen molar-refractivity contribution < 1.29 is 4.39 Å². The summed E-state index contributed by atoms with van der Waals surface area (Å²) in [5.74, 6) is -0.386. The van der Waals surface area contributed by atoms with Crippen LogP contribution in [0.1, 0.15) is 19.4 Å². The molecule has 0 atom stereocenters. The van der Waals surface area contributed by atoms with Crippen molar-refractivity contribution in [2.75, 3.05) is 11.4 Å². The lowest BCUT2D eigenvalue weighted by atomic mass is 10.1. The van der Waals surface area contributed by atoms with E-state index in [1.165, 1.54) is 12.1 Å². The lowest BCUT2D eigenvalue weighted by Gasteiger charge is -2.28. The Morgan fingerprint density at radius 2 is 2.25 bits per heavy atom. The summed E-state index contributed by atoms with van der Waals surface area (Å²) in [6.07, 6.45) is 1.77. The Morgan fingerprint density at radius 3 is 2.75 bits per heavy atom. The molecule has 0 fully saturated rings. The quantitative estimate of drug-likeness (QED) is 0.726. The fraction of sp³-hybridized carbons (Fsp3) is 0.308. The minimum absolute atomic E-state index is 0.232. The summed E-state index contributed by atoms with van der Waals surface area (Å²) in [6.45, 7) is 8.36. The molecule has 84 valence electrons. The van der Waals surface area contributed by atoms with Crippen LogP contribution in [0.4, 0.5) is 10.1 Å². The molecule has 2 nitrogen and oxygen atoms in total. The number of hydrogen-bond acceptors (Lipinski definition) is 2. The first-order chi connectivity index (χ1) is 7.60. The average molecular weight is 218 g/mol. The van der Waals surface area contributed by atoms with Crippen molar-refractivity contribution >= 4 is 5.69 Å². The van der Waals surface area contributed by atoms with Gasteiger partial charge in [0.1, 0.15) is 11.9 Å². The van der Waals surface area contributed by atoms with Gasteiger partial charge in [-0.3, -0.25) is 0 Å². The number of hydrogen-bond donors (Lipinski definition) is 0. The molecule has 0 aromatic heterocycles. The molecule has 0 amide bonds. The maximum absolute atomic E-state index is 13.0. The summed E-state index contributed by atoms with van der Waals surface area (Å²) in [6, 6.07) is 6.51. The maximum atomic E-state index is 13.0. The number of rotatable bonds is 4. The van der Waals surface area contributed by atoms with E-state index in [0.717, 1.165) is 5.69 Å². The van der Waals surface area contributed by atoms with Crippen LogP contribution in [-0.4, -0.2) is 12.6 Å². The van der Waals surface area contributed by atoms with Crippen LogP contribution >= 0.6 is 0 Å². The first-order valence-corrected chi connectivity index (χ1v) is 5.17. The van der Waals surface area contributed by atoms with Gasteiger partial charge in [-0.2, -0.15) is 5.26 Å². The second kappa shape index (κ2) is 5.32. The first kappa shape index (κ1) is 12.3. The first-order valence-electron chi connectivity index (χ1n) is 5.17. The topological polar surface area (TPSA) is 27.0 Å². The second-order valence-electron chi connectivity index (χ2n) is 3.81. The molecule has 0 aliphatic rings. The van der Waals surface area contributed by atoms with Gasteiger partial charge in [0.15, 0.2) is 0 Å². The van der Waals surface area contributed by atoms with Crippen LogP contribution in [0.15, 0.2) is 30.9 Å². The van der Waals surface area contributed by atoms with Crippen molar-refractivity contribution in [3.63, 3.8) is 0 Å². The van der Waals surface area contributed by atoms with Crippen molar-refractivity contribution in [2.24, 2.45) is 0 Å². The van der Waals surface area contributed by atoms with Crippen LogP contribution < -0.4 is 4.90 Å². The van der Waals surface area contributed by atoms with Gasteiger partial charge in [-0.1, -0.05) is 6.08 Å². The van der Waals surface area contributed by atoms with E-state index in [1.807, 2.05) is 24.8 Å². The Labute approximate surface area is 95.6 Å². The number of nitriles is 1. The smallest absolute Gasteiger partial charge is 0.124 e. The van der Waals surface area contributed by atoms with Gasteiger partial charge in [0.2, 0.25) is 0 Å². The third kappa shape index (κ3) is 2.60. The summed E-state index contributed by atoms with van der Waals surface area (Å²) in [7, 11) is 0. The Bertz CT molecular complexity index is 418. The molecule has 0 heterocycles. The molecule has 3 heteroatoms. The predicted molar refractivity (Wildman–Crippen MR) is 63.8 cm³/mol. The molecule has 0 radical (unpaired) electrons. The Hall–Kier alpha value is -1.82. The number of halogens is 1. The van der Waals surface area contributed by atoms with Gasteiger partial charge in [-0.05, 0) is 32.0 Å². The highest BCUT2D eigenvalue weighted by atomic mass is 19.1. The summed E-state index contributed by atoms with van der Waals surface area (Å²) in [4.78, 5) is 2.00. The highest BCUT2D eigenvalue weighted by Crippen LogP contribution is 2.22. The maximum Gasteiger partial charge on any atom is 0.124 e. The minimum Gasteiger partial charge on any atom is -0.364 e. The molecule has 0 aliphatic heterocycles. The second-order valence-corrected chi connectivity index (χ2v) is 3.81. The van der Waals surface area contributed by atoms with E-state index in [1.54, 1.807) is 12.1 Å². The molecule has 0 aliphatic carbocycles. The molecule has 1 rings (SSSR count). The third-order valence-corrected chi connectivity index (χ3v) is 2.34. The zero-order valence-corrected chi connectivity index (χ0v) is 9.57. The molecule has 0 bridgehead atoms. The summed E-state index contributed by atoms with van der Waals surface area (Å²) >= 11 is 0. The molecular weight excluding hydrogens is 203 g/mol. The van der Waals surface area contributed by atoms with Crippen molar-refractivity contribution in [3.8, 4) is 6.07 Å². The average Bonchev–Trinajstić information content (AvgIpc) is 2.26. The van der Waals surface area contributed by atoms with Crippen molar-refractivity contribution in [2.45, 2.75) is 19.9 Å². The van der Waals surface area contributed by atoms with Gasteiger partial charge < -0.3 is 4.90 Å². The van der Waals surface area contributed by atoms with E-state index >= 15 is 0 Å². The summed E-state index contributed by atoms with van der Waals surface area (Å²) < 4.78 is 13.0. The lowest BCUT2D eigenvalue weighted by molar-refractivity contribution is 0.626. The van der Waals surface area contributed by atoms with Crippen molar-refractivity contribution in [3.05, 3.63) is 42.2 Å². The fourth-order valence-electron chi connectivity index (χ4n) is 1.57. The highest BCUT2D eigenvalue weighted by molar-refractivity contribution is 5.60. The molecule has 0 saturated heterocycles. The molecule has 1 aromatic rings. The van der Waals surface area contributed by atoms with E-state index in [-0.39, 0.29) is 11.9 Å². The molecule has 0 saturated carbocycles. The van der Waals surface area contributed by atoms with Crippen LogP contribution in [0, 0.1) is 17.1 Å². The molecular formula is C13H15FN2. The molecule has 0 N–H and O–H groups in total. The zero-order chi connectivity index (χ0) is 12.1. The Morgan fingerprint density at radius 1 is 1.56 bits per heavy atom. The van der Waals surface area contributed by atoms with Gasteiger partial charge in [0, 0.05) is 12.6 Å². The van der Waals surface area contributed by atoms with Crippen molar-refractivity contribution in [1.29, 1.82) is 5.26 Å². The highest BCUT2D eigenvalue weighted by Gasteiger charge is 2.13. The molecule has 1 aromatic carbocycles. The van der Waals surface area contributed by atoms with E-state index in [2.05, 4.69) is 6.58 Å². The SMILES string of the molecule is C=CCN(c1ccc(F)cc1C#N)C(C)C. The van der Waals surface area contributed by atoms with Gasteiger partial charge in [0.25, 0.3) is 0 Å². The number of benzene rings is 1. The van der Waals surface area contributed by atoms with Gasteiger partial charge in [-0.15, -0.1) is 6.58 Å². The molecule has 16 heavy (non-hydrogen) atoms. The van der Waals surface area contributed by atoms with Crippen LogP contribution in [0.3, 0.4) is 0 Å². The molecule has 0 spiro atoms. The van der Waals surface area contributed by atoms with Crippen LogP contribution in [-0.2, 0) is 0 Å². The fourth-order valence-corrected chi connectivity index (χ4v) is 1.57. The van der Waals surface area contributed by atoms with Gasteiger partial charge in [-0.25, -0.2) is 4.39 Å². The van der Waals surface area contributed by atoms with Gasteiger partial charge in [0.05, 0.1) is 11.3 Å². The van der Waals surface area contributed by atoms with Gasteiger partial charge >= 0.3 is 0 Å². The zero-order valence-electron chi connectivity index (χ0n) is 9.57. The normalized spacial score (nSPS) is 9.94. The Balaban J connectivity index is 3.19.